The molecule has 59 heavy (non-hydrogen) atoms. The van der Waals surface area contributed by atoms with Gasteiger partial charge >= 0.3 is 6.18 Å². The van der Waals surface area contributed by atoms with Crippen molar-refractivity contribution in [1.29, 1.82) is 0 Å². The van der Waals surface area contributed by atoms with Crippen molar-refractivity contribution in [1.82, 2.24) is 9.55 Å². The van der Waals surface area contributed by atoms with Crippen LogP contribution < -0.4 is 19.8 Å². The number of halogens is 3. The second-order valence-electron chi connectivity index (χ2n) is 14.7. The average molecular weight is 819 g/mol. The van der Waals surface area contributed by atoms with Gasteiger partial charge in [0.15, 0.2) is 6.61 Å². The number of ether oxygens (including phenoxy) is 7. The van der Waals surface area contributed by atoms with E-state index in [4.69, 9.17) is 33.2 Å². The summed E-state index contributed by atoms with van der Waals surface area (Å²) in [5, 5.41) is 0. The monoisotopic (exact) mass is 818 g/mol. The lowest BCUT2D eigenvalue weighted by molar-refractivity contribution is -0.153. The van der Waals surface area contributed by atoms with Crippen molar-refractivity contribution in [2.75, 3.05) is 59.5 Å². The number of nitrogens with zero attached hydrogens (tertiary/aromatic N) is 2. The van der Waals surface area contributed by atoms with Gasteiger partial charge in [-0.2, -0.15) is 13.2 Å². The van der Waals surface area contributed by atoms with Crippen molar-refractivity contribution in [3.63, 3.8) is 0 Å². The van der Waals surface area contributed by atoms with Gasteiger partial charge < -0.3 is 37.7 Å². The Labute approximate surface area is 343 Å². The van der Waals surface area contributed by atoms with Gasteiger partial charge in [-0.05, 0) is 92.6 Å². The number of pyridine rings is 2. The molecular formula is C46H53F3N2O8. The molecule has 13 heteroatoms. The minimum Gasteiger partial charge on any atom is -0.491 e. The van der Waals surface area contributed by atoms with Crippen LogP contribution in [0.2, 0.25) is 0 Å². The molecule has 0 bridgehead atoms. The first-order valence-corrected chi connectivity index (χ1v) is 20.3. The molecule has 0 amide bonds. The topological polar surface area (TPSA) is 99.5 Å². The maximum Gasteiger partial charge on any atom is 0.422 e. The molecule has 4 fully saturated rings. The first-order chi connectivity index (χ1) is 28.5. The smallest absolute Gasteiger partial charge is 0.422 e. The van der Waals surface area contributed by atoms with Crippen LogP contribution in [0.4, 0.5) is 13.2 Å². The molecule has 8 rings (SSSR count). The fourth-order valence-corrected chi connectivity index (χ4v) is 6.84. The lowest BCUT2D eigenvalue weighted by atomic mass is 10.0. The van der Waals surface area contributed by atoms with Gasteiger partial charge in [0.05, 0.1) is 51.4 Å². The fraction of sp³-hybridized carbons (Fsp3) is 0.478. The summed E-state index contributed by atoms with van der Waals surface area (Å²) in [5.74, 6) is 8.50. The van der Waals surface area contributed by atoms with Crippen LogP contribution in [-0.4, -0.2) is 87.4 Å². The Morgan fingerprint density at radius 1 is 0.797 bits per heavy atom. The second kappa shape index (κ2) is 20.4. The molecule has 2 saturated heterocycles. The van der Waals surface area contributed by atoms with Crippen molar-refractivity contribution in [3.8, 4) is 40.2 Å². The molecule has 0 radical (unpaired) electrons. The summed E-state index contributed by atoms with van der Waals surface area (Å²) in [6.45, 7) is 10.6. The lowest BCUT2D eigenvalue weighted by Crippen LogP contribution is -2.34. The van der Waals surface area contributed by atoms with Crippen LogP contribution in [-0.2, 0) is 24.5 Å². The Morgan fingerprint density at radius 2 is 1.46 bits per heavy atom. The van der Waals surface area contributed by atoms with Crippen molar-refractivity contribution < 1.29 is 46.3 Å². The third kappa shape index (κ3) is 12.6. The molecule has 4 aliphatic rings. The van der Waals surface area contributed by atoms with Crippen molar-refractivity contribution in [2.24, 2.45) is 5.92 Å². The van der Waals surface area contributed by atoms with E-state index in [1.807, 2.05) is 37.5 Å². The van der Waals surface area contributed by atoms with E-state index in [2.05, 4.69) is 41.1 Å². The number of aromatic nitrogens is 2. The number of hydrogen-bond acceptors (Lipinski definition) is 9. The van der Waals surface area contributed by atoms with Gasteiger partial charge in [-0.15, -0.1) is 0 Å². The third-order valence-corrected chi connectivity index (χ3v) is 10.0. The van der Waals surface area contributed by atoms with E-state index in [9.17, 15) is 18.0 Å². The van der Waals surface area contributed by atoms with E-state index in [1.54, 1.807) is 37.5 Å². The summed E-state index contributed by atoms with van der Waals surface area (Å²) >= 11 is 0. The van der Waals surface area contributed by atoms with E-state index >= 15 is 0 Å². The average Bonchev–Trinajstić information content (AvgIpc) is 4.20. The third-order valence-electron chi connectivity index (χ3n) is 10.0. The highest BCUT2D eigenvalue weighted by Crippen LogP contribution is 2.49. The molecule has 1 unspecified atom stereocenters. The highest BCUT2D eigenvalue weighted by atomic mass is 19.4. The Hall–Kier alpha value is -4.87. The predicted molar refractivity (Wildman–Crippen MR) is 217 cm³/mol. The van der Waals surface area contributed by atoms with Gasteiger partial charge in [-0.3, -0.25) is 9.78 Å². The zero-order valence-corrected chi connectivity index (χ0v) is 34.1. The van der Waals surface area contributed by atoms with Crippen LogP contribution in [0.15, 0.2) is 77.9 Å². The van der Waals surface area contributed by atoms with E-state index in [0.717, 1.165) is 40.8 Å². The predicted octanol–water partition coefficient (Wildman–Crippen LogP) is 8.07. The quantitative estimate of drug-likeness (QED) is 0.139. The number of hydrogen-bond donors (Lipinski definition) is 0. The number of rotatable bonds is 11. The van der Waals surface area contributed by atoms with Gasteiger partial charge in [0, 0.05) is 35.0 Å². The number of benzene rings is 2. The van der Waals surface area contributed by atoms with Crippen LogP contribution >= 0.6 is 0 Å². The molecule has 316 valence electrons. The molecule has 2 aliphatic heterocycles. The largest absolute Gasteiger partial charge is 0.491 e. The maximum atomic E-state index is 13.0. The maximum absolute atomic E-state index is 13.0. The van der Waals surface area contributed by atoms with Gasteiger partial charge in [0.1, 0.15) is 42.7 Å². The fourth-order valence-electron chi connectivity index (χ4n) is 6.84. The van der Waals surface area contributed by atoms with Gasteiger partial charge in [-0.1, -0.05) is 43.9 Å². The molecule has 0 spiro atoms. The van der Waals surface area contributed by atoms with Crippen molar-refractivity contribution in [3.05, 3.63) is 106 Å². The standard InChI is InChI=1S/C25H27NO4.C19H20F3NO4.C2H6/c1-18-14-22(30-17-23-16-28-12-13-29-23)15-24(27)26(18)25(10-11-25)21-8-6-20(7-9-21)5-4-19-2-3-19;1-13-6-15(27-12-19(20,21)22)2-3-18(13)14-7-16(9-23-8-14)26-11-17-10-24-4-5-25-17;1-2/h6-9,14-15,19,23H,2-3,10-13,16-17H2,1H3;2-3,6-9,17H,4-5,10-12H2,1H3;1-2H3/t;17-;/m.1./s1. The Kier molecular flexibility index (Phi) is 15.1. The van der Waals surface area contributed by atoms with Crippen molar-refractivity contribution in [2.45, 2.75) is 77.3 Å². The molecule has 2 aromatic carbocycles. The molecule has 2 aromatic heterocycles. The molecule has 4 aromatic rings. The second-order valence-corrected chi connectivity index (χ2v) is 14.7. The van der Waals surface area contributed by atoms with Gasteiger partial charge in [-0.25, -0.2) is 0 Å². The van der Waals surface area contributed by atoms with Crippen molar-refractivity contribution >= 4 is 0 Å². The van der Waals surface area contributed by atoms with Gasteiger partial charge in [0.2, 0.25) is 0 Å². The Morgan fingerprint density at radius 3 is 2.02 bits per heavy atom. The summed E-state index contributed by atoms with van der Waals surface area (Å²) in [7, 11) is 0. The Bertz CT molecular complexity index is 2090. The SMILES string of the molecule is CC.Cc1cc(OCC(F)(F)F)ccc1-c1cncc(OC[C@H]2COCCO2)c1.Cc1cc(OCC2COCCO2)cc(=O)n1C1(c2ccc(C#CC3CC3)cc2)CC1. The van der Waals surface area contributed by atoms with Crippen LogP contribution in [0.1, 0.15) is 61.9 Å². The molecule has 2 aliphatic carbocycles. The summed E-state index contributed by atoms with van der Waals surface area (Å²) in [5.41, 5.74) is 5.27. The highest BCUT2D eigenvalue weighted by molar-refractivity contribution is 5.68. The lowest BCUT2D eigenvalue weighted by Gasteiger charge is -2.24. The zero-order chi connectivity index (χ0) is 41.8. The van der Waals surface area contributed by atoms with Gasteiger partial charge in [0.25, 0.3) is 5.56 Å². The molecule has 2 atom stereocenters. The minimum atomic E-state index is -4.37. The molecule has 10 nitrogen and oxygen atoms in total. The van der Waals surface area contributed by atoms with E-state index in [1.165, 1.54) is 24.5 Å². The van der Waals surface area contributed by atoms with E-state index in [-0.39, 0.29) is 29.1 Å². The normalized spacial score (nSPS) is 19.4. The van der Waals surface area contributed by atoms with E-state index < -0.39 is 12.8 Å². The summed E-state index contributed by atoms with van der Waals surface area (Å²) < 4.78 is 76.9. The molecule has 2 saturated carbocycles. The van der Waals surface area contributed by atoms with E-state index in [0.29, 0.717) is 70.3 Å². The number of aryl methyl sites for hydroxylation is 2. The first kappa shape index (κ1) is 43.7. The number of alkyl halides is 3. The zero-order valence-electron chi connectivity index (χ0n) is 34.1. The van der Waals surface area contributed by atoms with Crippen LogP contribution in [0, 0.1) is 31.6 Å². The van der Waals surface area contributed by atoms with Crippen LogP contribution in [0.25, 0.3) is 11.1 Å². The minimum absolute atomic E-state index is 0.0269. The summed E-state index contributed by atoms with van der Waals surface area (Å²) in [6.07, 6.45) is 3.11. The summed E-state index contributed by atoms with van der Waals surface area (Å²) in [6, 6.07) is 18.6. The first-order valence-electron chi connectivity index (χ1n) is 20.3. The highest BCUT2D eigenvalue weighted by Gasteiger charge is 2.47. The molecule has 0 N–H and O–H groups in total. The Balaban J connectivity index is 0.000000192. The summed E-state index contributed by atoms with van der Waals surface area (Å²) in [4.78, 5) is 17.2. The van der Waals surface area contributed by atoms with Crippen LogP contribution in [0.5, 0.6) is 17.2 Å². The molecular weight excluding hydrogens is 766 g/mol. The van der Waals surface area contributed by atoms with Crippen LogP contribution in [0.3, 0.4) is 0 Å². The molecule has 4 heterocycles.